The lowest BCUT2D eigenvalue weighted by Crippen LogP contribution is -2.00. The van der Waals surface area contributed by atoms with Crippen LogP contribution in [0.2, 0.25) is 0 Å². The third kappa shape index (κ3) is 1.78. The minimum Gasteiger partial charge on any atom is -0.478 e. The molecule has 0 saturated carbocycles. The van der Waals surface area contributed by atoms with Crippen molar-refractivity contribution < 1.29 is 9.90 Å². The Bertz CT molecular complexity index is 271. The molecule has 3 nitrogen and oxygen atoms in total. The Balaban J connectivity index is 3.01. The summed E-state index contributed by atoms with van der Waals surface area (Å²) in [5, 5.41) is 8.55. The van der Waals surface area contributed by atoms with Crippen LogP contribution in [-0.2, 0) is 6.54 Å². The lowest BCUT2D eigenvalue weighted by Gasteiger charge is -1.96. The van der Waals surface area contributed by atoms with E-state index in [0.29, 0.717) is 12.1 Å². The molecule has 0 aromatic heterocycles. The maximum Gasteiger partial charge on any atom is 0.335 e. The van der Waals surface area contributed by atoms with Crippen LogP contribution in [0.25, 0.3) is 0 Å². The van der Waals surface area contributed by atoms with Crippen molar-refractivity contribution in [3.8, 4) is 0 Å². The molecular formula is C8H8NO2. The Labute approximate surface area is 64.5 Å². The number of carboxylic acid groups (broad SMARTS) is 1. The molecule has 0 aliphatic carbocycles. The summed E-state index contributed by atoms with van der Waals surface area (Å²) in [6.45, 7) is 0.321. The third-order valence-electron chi connectivity index (χ3n) is 1.33. The SMILES string of the molecule is NCc1[c]ccc(C(=O)O)c1. The first-order chi connectivity index (χ1) is 5.24. The minimum absolute atomic E-state index is 0.254. The number of hydrogen-bond acceptors (Lipinski definition) is 2. The van der Waals surface area contributed by atoms with E-state index in [1.165, 1.54) is 12.1 Å². The first-order valence-corrected chi connectivity index (χ1v) is 3.18. The van der Waals surface area contributed by atoms with Crippen molar-refractivity contribution >= 4 is 5.97 Å². The molecule has 1 aromatic carbocycles. The minimum atomic E-state index is -0.936. The molecule has 0 spiro atoms. The van der Waals surface area contributed by atoms with E-state index in [2.05, 4.69) is 6.07 Å². The van der Waals surface area contributed by atoms with E-state index in [1.807, 2.05) is 0 Å². The predicted molar refractivity (Wildman–Crippen MR) is 40.1 cm³/mol. The molecule has 0 fully saturated rings. The van der Waals surface area contributed by atoms with Crippen molar-refractivity contribution in [3.05, 3.63) is 35.4 Å². The predicted octanol–water partition coefficient (Wildman–Crippen LogP) is 0.644. The van der Waals surface area contributed by atoms with Gasteiger partial charge in [0.25, 0.3) is 0 Å². The molecule has 0 unspecified atom stereocenters. The third-order valence-corrected chi connectivity index (χ3v) is 1.33. The molecule has 0 heterocycles. The highest BCUT2D eigenvalue weighted by molar-refractivity contribution is 5.87. The summed E-state index contributed by atoms with van der Waals surface area (Å²) in [6.07, 6.45) is 0. The molecule has 3 N–H and O–H groups in total. The first kappa shape index (κ1) is 7.75. The summed E-state index contributed by atoms with van der Waals surface area (Å²) in [4.78, 5) is 10.4. The van der Waals surface area contributed by atoms with Gasteiger partial charge >= 0.3 is 5.97 Å². The average molecular weight is 150 g/mol. The van der Waals surface area contributed by atoms with Crippen LogP contribution >= 0.6 is 0 Å². The molecule has 0 bridgehead atoms. The van der Waals surface area contributed by atoms with Crippen molar-refractivity contribution in [1.82, 2.24) is 0 Å². The van der Waals surface area contributed by atoms with E-state index in [-0.39, 0.29) is 5.56 Å². The van der Waals surface area contributed by atoms with E-state index < -0.39 is 5.97 Å². The van der Waals surface area contributed by atoms with Crippen molar-refractivity contribution in [2.45, 2.75) is 6.54 Å². The van der Waals surface area contributed by atoms with Gasteiger partial charge in [-0.05, 0) is 23.8 Å². The van der Waals surface area contributed by atoms with E-state index in [4.69, 9.17) is 10.8 Å². The second-order valence-electron chi connectivity index (χ2n) is 2.11. The topological polar surface area (TPSA) is 63.3 Å². The van der Waals surface area contributed by atoms with Gasteiger partial charge < -0.3 is 10.8 Å². The fourth-order valence-corrected chi connectivity index (χ4v) is 0.767. The van der Waals surface area contributed by atoms with Crippen LogP contribution in [0.4, 0.5) is 0 Å². The normalized spacial score (nSPS) is 9.55. The molecule has 1 aromatic rings. The molecule has 1 rings (SSSR count). The number of carbonyl (C=O) groups is 1. The van der Waals surface area contributed by atoms with Gasteiger partial charge in [-0.1, -0.05) is 6.07 Å². The first-order valence-electron chi connectivity index (χ1n) is 3.18. The maximum absolute atomic E-state index is 10.4. The molecule has 57 valence electrons. The van der Waals surface area contributed by atoms with Crippen molar-refractivity contribution in [1.29, 1.82) is 0 Å². The van der Waals surface area contributed by atoms with Gasteiger partial charge in [0.15, 0.2) is 0 Å². The number of hydrogen-bond donors (Lipinski definition) is 2. The van der Waals surface area contributed by atoms with Crippen molar-refractivity contribution in [2.24, 2.45) is 5.73 Å². The van der Waals surface area contributed by atoms with Crippen LogP contribution < -0.4 is 5.73 Å². The zero-order valence-corrected chi connectivity index (χ0v) is 5.87. The van der Waals surface area contributed by atoms with Crippen LogP contribution in [0.1, 0.15) is 15.9 Å². The Morgan fingerprint density at radius 2 is 2.45 bits per heavy atom. The Morgan fingerprint density at radius 1 is 1.73 bits per heavy atom. The van der Waals surface area contributed by atoms with Crippen LogP contribution in [0.15, 0.2) is 18.2 Å². The Hall–Kier alpha value is -1.35. The number of rotatable bonds is 2. The highest BCUT2D eigenvalue weighted by Gasteiger charge is 2.01. The molecular weight excluding hydrogens is 142 g/mol. The lowest BCUT2D eigenvalue weighted by atomic mass is 10.1. The molecule has 0 saturated heterocycles. The molecule has 11 heavy (non-hydrogen) atoms. The summed E-state index contributed by atoms with van der Waals surface area (Å²) in [5.74, 6) is -0.936. The Morgan fingerprint density at radius 3 is 3.00 bits per heavy atom. The van der Waals surface area contributed by atoms with Crippen molar-refractivity contribution in [2.75, 3.05) is 0 Å². The second kappa shape index (κ2) is 3.16. The van der Waals surface area contributed by atoms with E-state index in [0.717, 1.165) is 0 Å². The van der Waals surface area contributed by atoms with Gasteiger partial charge in [0, 0.05) is 6.54 Å². The zero-order chi connectivity index (χ0) is 8.27. The van der Waals surface area contributed by atoms with Crippen LogP contribution in [0.3, 0.4) is 0 Å². The summed E-state index contributed by atoms with van der Waals surface area (Å²) < 4.78 is 0. The number of nitrogens with two attached hydrogens (primary N) is 1. The Kier molecular flexibility index (Phi) is 2.23. The standard InChI is InChI=1S/C8H8NO2/c9-5-6-2-1-3-7(4-6)8(10)11/h1,3-4H,5,9H2,(H,10,11). The van der Waals surface area contributed by atoms with Crippen molar-refractivity contribution in [3.63, 3.8) is 0 Å². The van der Waals surface area contributed by atoms with Gasteiger partial charge in [-0.2, -0.15) is 0 Å². The van der Waals surface area contributed by atoms with Crippen LogP contribution in [0.5, 0.6) is 0 Å². The van der Waals surface area contributed by atoms with Crippen LogP contribution in [-0.4, -0.2) is 11.1 Å². The quantitative estimate of drug-likeness (QED) is 0.650. The molecule has 1 radical (unpaired) electrons. The summed E-state index contributed by atoms with van der Waals surface area (Å²) in [7, 11) is 0. The van der Waals surface area contributed by atoms with E-state index in [1.54, 1.807) is 6.07 Å². The molecule has 3 heteroatoms. The highest BCUT2D eigenvalue weighted by atomic mass is 16.4. The lowest BCUT2D eigenvalue weighted by molar-refractivity contribution is 0.0697. The van der Waals surface area contributed by atoms with Gasteiger partial charge in [0.05, 0.1) is 5.56 Å². The summed E-state index contributed by atoms with van der Waals surface area (Å²) in [6, 6.07) is 7.39. The largest absolute Gasteiger partial charge is 0.478 e. The highest BCUT2D eigenvalue weighted by Crippen LogP contribution is 2.02. The average Bonchev–Trinajstić information content (AvgIpc) is 2.05. The molecule has 0 aliphatic rings. The van der Waals surface area contributed by atoms with Gasteiger partial charge in [-0.15, -0.1) is 0 Å². The van der Waals surface area contributed by atoms with E-state index >= 15 is 0 Å². The molecule has 0 atom stereocenters. The number of aromatic carboxylic acids is 1. The van der Waals surface area contributed by atoms with Gasteiger partial charge in [0.2, 0.25) is 0 Å². The zero-order valence-electron chi connectivity index (χ0n) is 5.87. The number of carboxylic acids is 1. The van der Waals surface area contributed by atoms with Crippen LogP contribution in [0, 0.1) is 6.07 Å². The molecule has 0 amide bonds. The van der Waals surface area contributed by atoms with Gasteiger partial charge in [-0.3, -0.25) is 0 Å². The fraction of sp³-hybridized carbons (Fsp3) is 0.125. The fourth-order valence-electron chi connectivity index (χ4n) is 0.767. The van der Waals surface area contributed by atoms with Gasteiger partial charge in [0.1, 0.15) is 0 Å². The smallest absolute Gasteiger partial charge is 0.335 e. The monoisotopic (exact) mass is 150 g/mol. The summed E-state index contributed by atoms with van der Waals surface area (Å²) in [5.41, 5.74) is 6.26. The molecule has 0 aliphatic heterocycles. The summed E-state index contributed by atoms with van der Waals surface area (Å²) >= 11 is 0. The van der Waals surface area contributed by atoms with E-state index in [9.17, 15) is 4.79 Å². The number of benzene rings is 1. The maximum atomic E-state index is 10.4. The van der Waals surface area contributed by atoms with Gasteiger partial charge in [-0.25, -0.2) is 4.79 Å². The second-order valence-corrected chi connectivity index (χ2v) is 2.11.